The Kier molecular flexibility index (Phi) is 7.83. The molecule has 25 heavy (non-hydrogen) atoms. The van der Waals surface area contributed by atoms with Gasteiger partial charge in [-0.2, -0.15) is 11.8 Å². The maximum absolute atomic E-state index is 11.8. The van der Waals surface area contributed by atoms with E-state index in [0.717, 1.165) is 31.4 Å². The Bertz CT molecular complexity index is 491. The summed E-state index contributed by atoms with van der Waals surface area (Å²) in [5.74, 6) is -0.122. The van der Waals surface area contributed by atoms with E-state index in [1.165, 1.54) is 0 Å². The molecule has 2 rings (SSSR count). The highest BCUT2D eigenvalue weighted by Gasteiger charge is 2.42. The van der Waals surface area contributed by atoms with Gasteiger partial charge in [0, 0.05) is 30.4 Å². The Labute approximate surface area is 152 Å². The molecule has 0 aromatic heterocycles. The average molecular weight is 372 g/mol. The summed E-state index contributed by atoms with van der Waals surface area (Å²) in [6, 6.07) is -0.266. The van der Waals surface area contributed by atoms with E-state index in [0.29, 0.717) is 31.1 Å². The van der Waals surface area contributed by atoms with Crippen molar-refractivity contribution in [1.29, 1.82) is 0 Å². The van der Waals surface area contributed by atoms with Crippen LogP contribution < -0.4 is 26.8 Å². The number of fused-ring (bicyclic) bond motifs is 1. The second kappa shape index (κ2) is 9.86. The minimum Gasteiger partial charge on any atom is -0.544 e. The topological polar surface area (TPSA) is 138 Å². The van der Waals surface area contributed by atoms with Crippen LogP contribution in [-0.4, -0.2) is 53.6 Å². The molecule has 0 aromatic rings. The van der Waals surface area contributed by atoms with Gasteiger partial charge in [0.15, 0.2) is 0 Å². The number of urea groups is 1. The lowest BCUT2D eigenvalue weighted by atomic mass is 10.0. The summed E-state index contributed by atoms with van der Waals surface area (Å²) in [4.78, 5) is 33.6. The summed E-state index contributed by atoms with van der Waals surface area (Å²) in [5, 5.41) is 19.7. The molecule has 2 heterocycles. The molecular formula is C16H28N4O4S. The van der Waals surface area contributed by atoms with Crippen molar-refractivity contribution in [1.82, 2.24) is 16.0 Å². The number of hydrogen-bond donors (Lipinski definition) is 4. The van der Waals surface area contributed by atoms with E-state index in [9.17, 15) is 19.5 Å². The Morgan fingerprint density at radius 3 is 2.84 bits per heavy atom. The van der Waals surface area contributed by atoms with Crippen LogP contribution in [0.25, 0.3) is 0 Å². The fourth-order valence-corrected chi connectivity index (χ4v) is 4.77. The summed E-state index contributed by atoms with van der Waals surface area (Å²) in [6.45, 7) is 0.568. The third-order valence-electron chi connectivity index (χ3n) is 4.72. The quantitative estimate of drug-likeness (QED) is 0.254. The molecule has 8 nitrogen and oxygen atoms in total. The molecule has 6 N–H and O–H groups in total. The maximum atomic E-state index is 11.8. The van der Waals surface area contributed by atoms with E-state index in [2.05, 4.69) is 21.7 Å². The molecular weight excluding hydrogens is 344 g/mol. The Morgan fingerprint density at radius 1 is 1.28 bits per heavy atom. The van der Waals surface area contributed by atoms with Crippen LogP contribution in [-0.2, 0) is 9.59 Å². The lowest BCUT2D eigenvalue weighted by molar-refractivity contribution is -0.438. The molecule has 0 saturated carbocycles. The number of unbranched alkanes of at least 4 members (excludes halogenated alkanes) is 2. The molecule has 0 aliphatic carbocycles. The van der Waals surface area contributed by atoms with E-state index >= 15 is 0 Å². The number of thioether (sulfide) groups is 1. The molecule has 3 amide bonds. The van der Waals surface area contributed by atoms with Crippen molar-refractivity contribution in [3.8, 4) is 0 Å². The highest BCUT2D eigenvalue weighted by molar-refractivity contribution is 8.00. The predicted molar refractivity (Wildman–Crippen MR) is 92.5 cm³/mol. The Hall–Kier alpha value is -1.48. The third-order valence-corrected chi connectivity index (χ3v) is 6.22. The maximum Gasteiger partial charge on any atom is 0.315 e. The Balaban J connectivity index is 1.46. The van der Waals surface area contributed by atoms with Crippen molar-refractivity contribution in [3.63, 3.8) is 0 Å². The first-order valence-corrected chi connectivity index (χ1v) is 10.0. The number of quaternary nitrogens is 1. The fourth-order valence-electron chi connectivity index (χ4n) is 3.22. The molecule has 0 unspecified atom stereocenters. The highest BCUT2D eigenvalue weighted by Crippen LogP contribution is 2.33. The third kappa shape index (κ3) is 6.39. The first-order chi connectivity index (χ1) is 12.0. The van der Waals surface area contributed by atoms with Gasteiger partial charge < -0.3 is 31.6 Å². The molecule has 2 aliphatic rings. The largest absolute Gasteiger partial charge is 0.544 e. The molecule has 0 radical (unpaired) electrons. The smallest absolute Gasteiger partial charge is 0.315 e. The van der Waals surface area contributed by atoms with Gasteiger partial charge in [0.25, 0.3) is 0 Å². The van der Waals surface area contributed by atoms with Gasteiger partial charge in [0.2, 0.25) is 5.91 Å². The molecule has 0 bridgehead atoms. The van der Waals surface area contributed by atoms with Crippen LogP contribution in [0.3, 0.4) is 0 Å². The van der Waals surface area contributed by atoms with Gasteiger partial charge in [-0.1, -0.05) is 6.42 Å². The summed E-state index contributed by atoms with van der Waals surface area (Å²) < 4.78 is 0. The minimum absolute atomic E-state index is 0.0406. The van der Waals surface area contributed by atoms with Crippen molar-refractivity contribution in [2.45, 2.75) is 68.3 Å². The zero-order chi connectivity index (χ0) is 18.2. The summed E-state index contributed by atoms with van der Waals surface area (Å²) >= 11 is 1.89. The van der Waals surface area contributed by atoms with E-state index in [1.54, 1.807) is 0 Å². The van der Waals surface area contributed by atoms with Gasteiger partial charge in [-0.05, 0) is 25.7 Å². The summed E-state index contributed by atoms with van der Waals surface area (Å²) in [5.41, 5.74) is 3.50. The highest BCUT2D eigenvalue weighted by atomic mass is 32.2. The summed E-state index contributed by atoms with van der Waals surface area (Å²) in [6.07, 6.45) is 5.27. The number of rotatable bonds is 11. The molecule has 142 valence electrons. The normalized spacial score (nSPS) is 25.8. The SMILES string of the molecule is [NH3+][C@H](CCCCNC(=O)CCCC[C@@H]1SC[C@@H]2NC(=O)N[C@@H]21)C(=O)[O-]. The van der Waals surface area contributed by atoms with Gasteiger partial charge in [0.05, 0.1) is 18.1 Å². The van der Waals surface area contributed by atoms with E-state index in [-0.39, 0.29) is 24.0 Å². The van der Waals surface area contributed by atoms with Crippen LogP contribution in [0, 0.1) is 0 Å². The van der Waals surface area contributed by atoms with Crippen LogP contribution >= 0.6 is 11.8 Å². The van der Waals surface area contributed by atoms with Crippen LogP contribution in [0.15, 0.2) is 0 Å². The van der Waals surface area contributed by atoms with Crippen LogP contribution in [0.5, 0.6) is 0 Å². The monoisotopic (exact) mass is 372 g/mol. The molecule has 4 atom stereocenters. The number of carbonyl (C=O) groups is 3. The summed E-state index contributed by atoms with van der Waals surface area (Å²) in [7, 11) is 0. The van der Waals surface area contributed by atoms with Crippen LogP contribution in [0.4, 0.5) is 4.79 Å². The first-order valence-electron chi connectivity index (χ1n) is 8.96. The molecule has 0 aromatic carbocycles. The van der Waals surface area contributed by atoms with Gasteiger partial charge in [-0.3, -0.25) is 4.79 Å². The lowest BCUT2D eigenvalue weighted by Gasteiger charge is -2.16. The van der Waals surface area contributed by atoms with E-state index in [1.807, 2.05) is 11.8 Å². The zero-order valence-corrected chi connectivity index (χ0v) is 15.2. The van der Waals surface area contributed by atoms with Gasteiger partial charge in [-0.15, -0.1) is 0 Å². The molecule has 2 aliphatic heterocycles. The minimum atomic E-state index is -1.12. The molecule has 9 heteroatoms. The van der Waals surface area contributed by atoms with E-state index < -0.39 is 12.0 Å². The van der Waals surface area contributed by atoms with Crippen molar-refractivity contribution in [2.75, 3.05) is 12.3 Å². The molecule has 2 saturated heterocycles. The standard InChI is InChI=1S/C16H28N4O4S/c17-10(15(22)23)5-3-4-8-18-13(21)7-2-1-6-12-14-11(9-25-12)19-16(24)20-14/h10-12,14H,1-9,17H2,(H,18,21)(H,22,23)(H2,19,20,24)/t10-,11+,12+,14+/m1/s1. The van der Waals surface area contributed by atoms with Crippen molar-refractivity contribution >= 4 is 29.7 Å². The molecule has 2 fully saturated rings. The van der Waals surface area contributed by atoms with Gasteiger partial charge in [-0.25, -0.2) is 4.79 Å². The second-order valence-corrected chi connectivity index (χ2v) is 8.00. The number of carbonyl (C=O) groups excluding carboxylic acids is 3. The number of nitrogens with one attached hydrogen (secondary N) is 3. The lowest BCUT2D eigenvalue weighted by Crippen LogP contribution is -2.68. The van der Waals surface area contributed by atoms with E-state index in [4.69, 9.17) is 0 Å². The number of hydrogen-bond acceptors (Lipinski definition) is 5. The first kappa shape index (κ1) is 19.8. The zero-order valence-electron chi connectivity index (χ0n) is 14.4. The van der Waals surface area contributed by atoms with Gasteiger partial charge >= 0.3 is 6.03 Å². The average Bonchev–Trinajstić information content (AvgIpc) is 3.10. The second-order valence-electron chi connectivity index (χ2n) is 6.73. The fraction of sp³-hybridized carbons (Fsp3) is 0.812. The number of carboxylic acid groups (broad SMARTS) is 1. The predicted octanol–water partition coefficient (Wildman–Crippen LogP) is -1.64. The van der Waals surface area contributed by atoms with Crippen molar-refractivity contribution in [3.05, 3.63) is 0 Å². The van der Waals surface area contributed by atoms with Crippen molar-refractivity contribution < 1.29 is 25.2 Å². The molecule has 0 spiro atoms. The Morgan fingerprint density at radius 2 is 2.08 bits per heavy atom. The van der Waals surface area contributed by atoms with Gasteiger partial charge in [0.1, 0.15) is 6.04 Å². The number of aliphatic carboxylic acids is 1. The van der Waals surface area contributed by atoms with Crippen molar-refractivity contribution in [2.24, 2.45) is 0 Å². The number of carboxylic acids is 1. The van der Waals surface area contributed by atoms with Crippen LogP contribution in [0.2, 0.25) is 0 Å². The number of amides is 3. The van der Waals surface area contributed by atoms with Crippen LogP contribution in [0.1, 0.15) is 44.9 Å².